The highest BCUT2D eigenvalue weighted by Gasteiger charge is 2.27. The lowest BCUT2D eigenvalue weighted by molar-refractivity contribution is -0.114. The fourth-order valence-electron chi connectivity index (χ4n) is 3.34. The van der Waals surface area contributed by atoms with Gasteiger partial charge in [-0.1, -0.05) is 31.0 Å². The average molecular weight is 529 g/mol. The highest BCUT2D eigenvalue weighted by Crippen LogP contribution is 2.27. The number of carbonyl (C=O) groups excluding carboxylic acids is 2. The number of halogens is 1. The number of ether oxygens (including phenoxy) is 1. The molecule has 3 aromatic rings. The standard InChI is InChI=1S/C27H29ClN2O5S/c1-4-5-16-35-27(32)21-7-11-23(12-8-21)29-26(31)18-30(24-13-6-19(2)20(3)17-24)36(33,34)25-14-9-22(28)10-15-25/h6-15,17H,4-5,16,18H2,1-3H3,(H,29,31). The van der Waals surface area contributed by atoms with Crippen molar-refractivity contribution < 1.29 is 22.7 Å². The van der Waals surface area contributed by atoms with Crippen LogP contribution in [-0.2, 0) is 19.6 Å². The molecule has 0 saturated heterocycles. The Kier molecular flexibility index (Phi) is 9.12. The van der Waals surface area contributed by atoms with E-state index in [2.05, 4.69) is 5.32 Å². The highest BCUT2D eigenvalue weighted by molar-refractivity contribution is 7.92. The van der Waals surface area contributed by atoms with Gasteiger partial charge in [0.15, 0.2) is 0 Å². The Morgan fingerprint density at radius 3 is 2.22 bits per heavy atom. The van der Waals surface area contributed by atoms with Gasteiger partial charge in [0.2, 0.25) is 5.91 Å². The minimum absolute atomic E-state index is 0.0175. The second-order valence-corrected chi connectivity index (χ2v) is 10.6. The van der Waals surface area contributed by atoms with Crippen LogP contribution in [0.25, 0.3) is 0 Å². The molecule has 0 aliphatic rings. The molecular weight excluding hydrogens is 500 g/mol. The first kappa shape index (κ1) is 27.2. The number of anilines is 2. The number of unbranched alkanes of at least 4 members (excludes halogenated alkanes) is 1. The number of benzene rings is 3. The summed E-state index contributed by atoms with van der Waals surface area (Å²) in [5.41, 5.74) is 3.06. The van der Waals surface area contributed by atoms with Crippen LogP contribution in [-0.4, -0.2) is 33.4 Å². The van der Waals surface area contributed by atoms with Crippen LogP contribution >= 0.6 is 11.6 Å². The minimum atomic E-state index is -4.06. The van der Waals surface area contributed by atoms with E-state index in [9.17, 15) is 18.0 Å². The number of hydrogen-bond acceptors (Lipinski definition) is 5. The number of rotatable bonds is 10. The smallest absolute Gasteiger partial charge is 0.338 e. The summed E-state index contributed by atoms with van der Waals surface area (Å²) in [4.78, 5) is 25.0. The summed E-state index contributed by atoms with van der Waals surface area (Å²) >= 11 is 5.93. The average Bonchev–Trinajstić information content (AvgIpc) is 2.85. The third-order valence-electron chi connectivity index (χ3n) is 5.60. The van der Waals surface area contributed by atoms with Gasteiger partial charge in [-0.25, -0.2) is 13.2 Å². The number of nitrogens with one attached hydrogen (secondary N) is 1. The Morgan fingerprint density at radius 2 is 1.61 bits per heavy atom. The largest absolute Gasteiger partial charge is 0.462 e. The fourth-order valence-corrected chi connectivity index (χ4v) is 4.88. The second kappa shape index (κ2) is 12.1. The van der Waals surface area contributed by atoms with E-state index in [0.29, 0.717) is 28.6 Å². The van der Waals surface area contributed by atoms with Gasteiger partial charge in [-0.05, 0) is 92.1 Å². The van der Waals surface area contributed by atoms with Crippen molar-refractivity contribution in [3.63, 3.8) is 0 Å². The Labute approximate surface area is 217 Å². The van der Waals surface area contributed by atoms with E-state index in [1.165, 1.54) is 24.3 Å². The molecule has 1 N–H and O–H groups in total. The normalized spacial score (nSPS) is 11.1. The monoisotopic (exact) mass is 528 g/mol. The Hall–Kier alpha value is -3.36. The lowest BCUT2D eigenvalue weighted by Gasteiger charge is -2.25. The van der Waals surface area contributed by atoms with Crippen molar-refractivity contribution in [3.8, 4) is 0 Å². The molecule has 0 bridgehead atoms. The summed E-state index contributed by atoms with van der Waals surface area (Å²) in [6, 6.07) is 17.2. The molecule has 0 aliphatic carbocycles. The molecule has 0 aromatic heterocycles. The lowest BCUT2D eigenvalue weighted by atomic mass is 10.1. The van der Waals surface area contributed by atoms with Crippen LogP contribution in [0.5, 0.6) is 0 Å². The topological polar surface area (TPSA) is 92.8 Å². The maximum absolute atomic E-state index is 13.5. The van der Waals surface area contributed by atoms with Crippen molar-refractivity contribution in [1.29, 1.82) is 0 Å². The van der Waals surface area contributed by atoms with Gasteiger partial charge >= 0.3 is 5.97 Å². The van der Waals surface area contributed by atoms with Crippen LogP contribution in [0.1, 0.15) is 41.3 Å². The van der Waals surface area contributed by atoms with Crippen LogP contribution in [0.2, 0.25) is 5.02 Å². The zero-order valence-electron chi connectivity index (χ0n) is 20.5. The molecule has 0 fully saturated rings. The molecule has 0 heterocycles. The Balaban J connectivity index is 1.81. The van der Waals surface area contributed by atoms with Crippen molar-refractivity contribution in [2.75, 3.05) is 22.8 Å². The fraction of sp³-hybridized carbons (Fsp3) is 0.259. The van der Waals surface area contributed by atoms with Gasteiger partial charge in [-0.3, -0.25) is 9.10 Å². The predicted molar refractivity (Wildman–Crippen MR) is 142 cm³/mol. The van der Waals surface area contributed by atoms with Crippen LogP contribution in [0.4, 0.5) is 11.4 Å². The molecule has 1 amide bonds. The van der Waals surface area contributed by atoms with Crippen molar-refractivity contribution in [2.45, 2.75) is 38.5 Å². The molecule has 36 heavy (non-hydrogen) atoms. The minimum Gasteiger partial charge on any atom is -0.462 e. The number of carbonyl (C=O) groups is 2. The van der Waals surface area contributed by atoms with Crippen molar-refractivity contribution >= 4 is 44.9 Å². The summed E-state index contributed by atoms with van der Waals surface area (Å²) in [6.07, 6.45) is 1.71. The first-order chi connectivity index (χ1) is 17.1. The number of hydrogen-bond donors (Lipinski definition) is 1. The Morgan fingerprint density at radius 1 is 0.944 bits per heavy atom. The summed E-state index contributed by atoms with van der Waals surface area (Å²) in [5, 5.41) is 3.11. The van der Waals surface area contributed by atoms with E-state index < -0.39 is 28.4 Å². The zero-order chi connectivity index (χ0) is 26.3. The van der Waals surface area contributed by atoms with Crippen LogP contribution in [0.3, 0.4) is 0 Å². The quantitative estimate of drug-likeness (QED) is 0.267. The lowest BCUT2D eigenvalue weighted by Crippen LogP contribution is -2.38. The molecule has 0 spiro atoms. The molecular formula is C27H29ClN2O5S. The molecule has 3 aromatic carbocycles. The molecule has 3 rings (SSSR count). The summed E-state index contributed by atoms with van der Waals surface area (Å²) in [6.45, 7) is 5.71. The van der Waals surface area contributed by atoms with E-state index in [0.717, 1.165) is 28.3 Å². The number of amides is 1. The molecule has 0 unspecified atom stereocenters. The summed E-state index contributed by atoms with van der Waals surface area (Å²) in [5.74, 6) is -0.972. The van der Waals surface area contributed by atoms with Gasteiger partial charge in [0.25, 0.3) is 10.0 Å². The van der Waals surface area contributed by atoms with E-state index in [1.54, 1.807) is 36.4 Å². The van der Waals surface area contributed by atoms with E-state index in [-0.39, 0.29) is 4.90 Å². The van der Waals surface area contributed by atoms with E-state index in [1.807, 2.05) is 26.8 Å². The Bertz CT molecular complexity index is 1320. The number of sulfonamides is 1. The SMILES string of the molecule is CCCCOC(=O)c1ccc(NC(=O)CN(c2ccc(C)c(C)c2)S(=O)(=O)c2ccc(Cl)cc2)cc1. The van der Waals surface area contributed by atoms with Gasteiger partial charge in [-0.2, -0.15) is 0 Å². The predicted octanol–water partition coefficient (Wildman–Crippen LogP) is 5.75. The number of nitrogens with zero attached hydrogens (tertiary/aromatic N) is 1. The van der Waals surface area contributed by atoms with Gasteiger partial charge < -0.3 is 10.1 Å². The number of aryl methyl sites for hydroxylation is 2. The van der Waals surface area contributed by atoms with Crippen LogP contribution in [0.15, 0.2) is 71.6 Å². The maximum Gasteiger partial charge on any atom is 0.338 e. The first-order valence-corrected chi connectivity index (χ1v) is 13.4. The van der Waals surface area contributed by atoms with E-state index >= 15 is 0 Å². The van der Waals surface area contributed by atoms with Crippen molar-refractivity contribution in [1.82, 2.24) is 0 Å². The highest BCUT2D eigenvalue weighted by atomic mass is 35.5. The van der Waals surface area contributed by atoms with Gasteiger partial charge in [0.05, 0.1) is 22.8 Å². The maximum atomic E-state index is 13.5. The first-order valence-electron chi connectivity index (χ1n) is 11.5. The number of esters is 1. The van der Waals surface area contributed by atoms with Crippen molar-refractivity contribution in [3.05, 3.63) is 88.4 Å². The molecule has 0 saturated carbocycles. The molecule has 9 heteroatoms. The summed E-state index contributed by atoms with van der Waals surface area (Å²) < 4.78 is 33.3. The summed E-state index contributed by atoms with van der Waals surface area (Å²) in [7, 11) is -4.06. The molecule has 0 atom stereocenters. The van der Waals surface area contributed by atoms with Crippen molar-refractivity contribution in [2.24, 2.45) is 0 Å². The van der Waals surface area contributed by atoms with E-state index in [4.69, 9.17) is 16.3 Å². The third kappa shape index (κ3) is 6.86. The van der Waals surface area contributed by atoms with Crippen LogP contribution < -0.4 is 9.62 Å². The van der Waals surface area contributed by atoms with Crippen LogP contribution in [0, 0.1) is 13.8 Å². The van der Waals surface area contributed by atoms with Gasteiger partial charge in [0.1, 0.15) is 6.54 Å². The zero-order valence-corrected chi connectivity index (χ0v) is 22.0. The molecule has 7 nitrogen and oxygen atoms in total. The second-order valence-electron chi connectivity index (χ2n) is 8.35. The van der Waals surface area contributed by atoms with Gasteiger partial charge in [0, 0.05) is 10.7 Å². The molecule has 0 aliphatic heterocycles. The van der Waals surface area contributed by atoms with Gasteiger partial charge in [-0.15, -0.1) is 0 Å². The third-order valence-corrected chi connectivity index (χ3v) is 7.64. The molecule has 0 radical (unpaired) electrons. The molecule has 190 valence electrons.